The van der Waals surface area contributed by atoms with Gasteiger partial charge in [-0.25, -0.2) is 0 Å². The third kappa shape index (κ3) is 9.26. The molecule has 2 aliphatic rings. The Kier molecular flexibility index (Phi) is 11.8. The highest BCUT2D eigenvalue weighted by Gasteiger charge is 2.53. The van der Waals surface area contributed by atoms with E-state index in [2.05, 4.69) is 76.2 Å². The highest BCUT2D eigenvalue weighted by Crippen LogP contribution is 2.59. The van der Waals surface area contributed by atoms with Crippen molar-refractivity contribution in [3.63, 3.8) is 0 Å². The third-order valence-electron chi connectivity index (χ3n) is 8.19. The molecule has 0 unspecified atom stereocenters. The van der Waals surface area contributed by atoms with E-state index < -0.39 is 0 Å². The number of carbonyl (C=O) groups is 2. The second kappa shape index (κ2) is 14.1. The standard InChI is InChI=1S/C16H22O2.C13H18O.C3H5ClO/c1-4-15(17)18-11-16(3)10-14(16)12(2)13-8-6-5-7-9-13;1-10(11-6-4-3-5-7-11)12-8-13(12,2)9-14;1-2-3(4)5/h5-9,12,14H,4,10-11H2,1-3H3;3-7,10,12,14H,8-9H2,1-2H3;2H2,1H3/t12-,14-,16-;10-,12-,13-;/m00./s1. The highest BCUT2D eigenvalue weighted by atomic mass is 35.5. The Bertz CT molecular complexity index is 979. The van der Waals surface area contributed by atoms with E-state index in [9.17, 15) is 14.7 Å². The summed E-state index contributed by atoms with van der Waals surface area (Å²) in [4.78, 5) is 20.8. The van der Waals surface area contributed by atoms with E-state index in [1.165, 1.54) is 17.5 Å². The quantitative estimate of drug-likeness (QED) is 0.267. The maximum absolute atomic E-state index is 11.2. The van der Waals surface area contributed by atoms with Gasteiger partial charge in [-0.3, -0.25) is 9.59 Å². The van der Waals surface area contributed by atoms with Crippen molar-refractivity contribution in [2.45, 2.75) is 79.1 Å². The zero-order chi connectivity index (χ0) is 27.6. The number of hydrogen-bond donors (Lipinski definition) is 1. The van der Waals surface area contributed by atoms with Gasteiger partial charge in [0.2, 0.25) is 5.24 Å². The molecule has 2 aromatic carbocycles. The molecule has 0 radical (unpaired) electrons. The van der Waals surface area contributed by atoms with E-state index in [-0.39, 0.29) is 22.0 Å². The molecule has 2 saturated carbocycles. The van der Waals surface area contributed by atoms with Crippen LogP contribution in [0.4, 0.5) is 0 Å². The molecular weight excluding hydrogens is 484 g/mol. The summed E-state index contributed by atoms with van der Waals surface area (Å²) in [7, 11) is 0. The van der Waals surface area contributed by atoms with E-state index in [0.29, 0.717) is 49.7 Å². The van der Waals surface area contributed by atoms with Gasteiger partial charge < -0.3 is 9.84 Å². The number of ether oxygens (including phenoxy) is 1. The van der Waals surface area contributed by atoms with Crippen LogP contribution in [0.2, 0.25) is 0 Å². The van der Waals surface area contributed by atoms with E-state index in [4.69, 9.17) is 16.3 Å². The number of halogens is 1. The Balaban J connectivity index is 0.000000225. The van der Waals surface area contributed by atoms with Crippen molar-refractivity contribution < 1.29 is 19.4 Å². The molecule has 4 nitrogen and oxygen atoms in total. The first-order valence-electron chi connectivity index (χ1n) is 13.6. The summed E-state index contributed by atoms with van der Waals surface area (Å²) in [6.45, 7) is 13.4. The number of aliphatic hydroxyl groups is 1. The third-order valence-corrected chi connectivity index (χ3v) is 8.46. The molecule has 2 aromatic rings. The maximum Gasteiger partial charge on any atom is 0.305 e. The summed E-state index contributed by atoms with van der Waals surface area (Å²) in [6.07, 6.45) is 3.22. The van der Waals surface area contributed by atoms with Crippen LogP contribution in [0.25, 0.3) is 0 Å². The lowest BCUT2D eigenvalue weighted by atomic mass is 9.91. The minimum Gasteiger partial charge on any atom is -0.465 e. The monoisotopic (exact) mass is 528 g/mol. The van der Waals surface area contributed by atoms with E-state index in [1.54, 1.807) is 6.92 Å². The Labute approximate surface area is 228 Å². The normalized spacial score (nSPS) is 26.8. The molecule has 0 saturated heterocycles. The van der Waals surface area contributed by atoms with Gasteiger partial charge in [-0.15, -0.1) is 0 Å². The largest absolute Gasteiger partial charge is 0.465 e. The van der Waals surface area contributed by atoms with Crippen LogP contribution in [0, 0.1) is 22.7 Å². The van der Waals surface area contributed by atoms with E-state index in [0.717, 1.165) is 6.42 Å². The number of carbonyl (C=O) groups excluding carboxylic acids is 2. The summed E-state index contributed by atoms with van der Waals surface area (Å²) in [5.74, 6) is 2.32. The van der Waals surface area contributed by atoms with Gasteiger partial charge in [0, 0.05) is 24.9 Å². The molecule has 0 aromatic heterocycles. The molecule has 204 valence electrons. The minimum atomic E-state index is -0.273. The fourth-order valence-electron chi connectivity index (χ4n) is 5.12. The average Bonchev–Trinajstić information content (AvgIpc) is 3.82. The highest BCUT2D eigenvalue weighted by molar-refractivity contribution is 6.63. The van der Waals surface area contributed by atoms with Crippen molar-refractivity contribution in [3.05, 3.63) is 71.8 Å². The van der Waals surface area contributed by atoms with Gasteiger partial charge in [-0.05, 0) is 64.7 Å². The molecule has 0 amide bonds. The van der Waals surface area contributed by atoms with Crippen molar-refractivity contribution in [3.8, 4) is 0 Å². The Morgan fingerprint density at radius 1 is 0.865 bits per heavy atom. The number of hydrogen-bond acceptors (Lipinski definition) is 4. The zero-order valence-electron chi connectivity index (χ0n) is 23.4. The molecule has 37 heavy (non-hydrogen) atoms. The van der Waals surface area contributed by atoms with Crippen molar-refractivity contribution in [1.82, 2.24) is 0 Å². The van der Waals surface area contributed by atoms with Crippen LogP contribution >= 0.6 is 11.6 Å². The predicted octanol–water partition coefficient (Wildman–Crippen LogP) is 7.74. The summed E-state index contributed by atoms with van der Waals surface area (Å²) in [5.41, 5.74) is 3.15. The summed E-state index contributed by atoms with van der Waals surface area (Å²) in [5, 5.41) is 8.96. The first kappa shape index (κ1) is 31.1. The average molecular weight is 529 g/mol. The van der Waals surface area contributed by atoms with Gasteiger partial charge in [0.05, 0.1) is 6.61 Å². The molecule has 5 heteroatoms. The number of esters is 1. The first-order chi connectivity index (χ1) is 17.5. The molecule has 0 heterocycles. The van der Waals surface area contributed by atoms with Gasteiger partial charge >= 0.3 is 5.97 Å². The molecule has 0 spiro atoms. The van der Waals surface area contributed by atoms with Crippen LogP contribution in [0.5, 0.6) is 0 Å². The van der Waals surface area contributed by atoms with Gasteiger partial charge in [0.25, 0.3) is 0 Å². The number of rotatable bonds is 9. The van der Waals surface area contributed by atoms with Crippen LogP contribution in [-0.2, 0) is 14.3 Å². The van der Waals surface area contributed by atoms with Crippen molar-refractivity contribution in [2.24, 2.45) is 22.7 Å². The van der Waals surface area contributed by atoms with Gasteiger partial charge in [-0.1, -0.05) is 102 Å². The molecule has 0 bridgehead atoms. The lowest BCUT2D eigenvalue weighted by Gasteiger charge is -2.17. The molecule has 1 N–H and O–H groups in total. The Morgan fingerprint density at radius 3 is 1.62 bits per heavy atom. The summed E-state index contributed by atoms with van der Waals surface area (Å²) in [6, 6.07) is 21.2. The molecule has 2 aliphatic carbocycles. The smallest absolute Gasteiger partial charge is 0.305 e. The maximum atomic E-state index is 11.2. The van der Waals surface area contributed by atoms with E-state index >= 15 is 0 Å². The second-order valence-electron chi connectivity index (χ2n) is 11.2. The number of benzene rings is 2. The zero-order valence-corrected chi connectivity index (χ0v) is 24.1. The Morgan fingerprint density at radius 2 is 1.27 bits per heavy atom. The van der Waals surface area contributed by atoms with Crippen LogP contribution in [0.15, 0.2) is 60.7 Å². The van der Waals surface area contributed by atoms with Crippen molar-refractivity contribution >= 4 is 22.8 Å². The van der Waals surface area contributed by atoms with Gasteiger partial charge in [-0.2, -0.15) is 0 Å². The minimum absolute atomic E-state index is 0.0887. The van der Waals surface area contributed by atoms with E-state index in [1.807, 2.05) is 19.1 Å². The SMILES string of the molecule is CCC(=O)Cl.CCC(=O)OC[C@]1(C)C[C@H]1[C@@H](C)c1ccccc1.C[C@@H](c1ccccc1)[C@@H]1C[C@@]1(C)CO. The topological polar surface area (TPSA) is 63.6 Å². The van der Waals surface area contributed by atoms with Crippen molar-refractivity contribution in [2.75, 3.05) is 13.2 Å². The lowest BCUT2D eigenvalue weighted by molar-refractivity contribution is -0.145. The first-order valence-corrected chi connectivity index (χ1v) is 13.9. The van der Waals surface area contributed by atoms with Gasteiger partial charge in [0.1, 0.15) is 0 Å². The van der Waals surface area contributed by atoms with Gasteiger partial charge in [0.15, 0.2) is 0 Å². The van der Waals surface area contributed by atoms with Crippen LogP contribution in [0.3, 0.4) is 0 Å². The second-order valence-corrected chi connectivity index (χ2v) is 11.6. The van der Waals surface area contributed by atoms with Crippen LogP contribution in [-0.4, -0.2) is 29.5 Å². The fourth-order valence-corrected chi connectivity index (χ4v) is 5.12. The van der Waals surface area contributed by atoms with Crippen LogP contribution < -0.4 is 0 Å². The molecule has 6 atom stereocenters. The summed E-state index contributed by atoms with van der Waals surface area (Å²) < 4.78 is 5.30. The predicted molar refractivity (Wildman–Crippen MR) is 152 cm³/mol. The van der Waals surface area contributed by atoms with Crippen LogP contribution in [0.1, 0.15) is 90.2 Å². The number of aliphatic hydroxyl groups excluding tert-OH is 1. The lowest BCUT2D eigenvalue weighted by Crippen LogP contribution is -2.15. The molecule has 2 fully saturated rings. The fraction of sp³-hybridized carbons (Fsp3) is 0.562. The molecular formula is C32H45ClO4. The molecule has 0 aliphatic heterocycles. The summed E-state index contributed by atoms with van der Waals surface area (Å²) >= 11 is 4.82. The Hall–Kier alpha value is -2.17. The van der Waals surface area contributed by atoms with Crippen molar-refractivity contribution in [1.29, 1.82) is 0 Å². The molecule has 4 rings (SSSR count).